The summed E-state index contributed by atoms with van der Waals surface area (Å²) in [4.78, 5) is 41.5. The number of carbonyl (C=O) groups is 3. The minimum Gasteiger partial charge on any atom is -0.489 e. The first-order valence-corrected chi connectivity index (χ1v) is 13.7. The van der Waals surface area contributed by atoms with Crippen LogP contribution >= 0.6 is 0 Å². The van der Waals surface area contributed by atoms with Crippen LogP contribution in [0, 0.1) is 10.8 Å². The predicted octanol–water partition coefficient (Wildman–Crippen LogP) is 6.43. The second kappa shape index (κ2) is 10.1. The Bertz CT molecular complexity index is 1330. The van der Waals surface area contributed by atoms with Gasteiger partial charge in [0.25, 0.3) is 0 Å². The summed E-state index contributed by atoms with van der Waals surface area (Å²) < 4.78 is 6.33. The lowest BCUT2D eigenvalue weighted by atomic mass is 9.63. The number of hydrogen-bond donors (Lipinski definition) is 1. The van der Waals surface area contributed by atoms with E-state index in [1.165, 1.54) is 0 Å². The fourth-order valence-electron chi connectivity index (χ4n) is 6.42. The van der Waals surface area contributed by atoms with Gasteiger partial charge in [-0.3, -0.25) is 14.4 Å². The molecule has 0 saturated heterocycles. The van der Waals surface area contributed by atoms with Gasteiger partial charge in [-0.25, -0.2) is 0 Å². The molecule has 0 spiro atoms. The Morgan fingerprint density at radius 2 is 1.38 bits per heavy atom. The molecule has 0 amide bonds. The minimum absolute atomic E-state index is 0.0219. The van der Waals surface area contributed by atoms with E-state index in [0.717, 1.165) is 22.5 Å². The van der Waals surface area contributed by atoms with Crippen LogP contribution in [0.4, 0.5) is 0 Å². The largest absolute Gasteiger partial charge is 0.489 e. The van der Waals surface area contributed by atoms with E-state index in [0.29, 0.717) is 49.2 Å². The molecule has 204 valence electrons. The highest BCUT2D eigenvalue weighted by molar-refractivity contribution is 6.07. The third-order valence-electron chi connectivity index (χ3n) is 8.04. The Morgan fingerprint density at radius 3 is 1.95 bits per heavy atom. The number of carboxylic acids is 1. The molecule has 0 unspecified atom stereocenters. The molecule has 0 fully saturated rings. The summed E-state index contributed by atoms with van der Waals surface area (Å²) >= 11 is 0. The van der Waals surface area contributed by atoms with E-state index in [1.807, 2.05) is 59.5 Å². The van der Waals surface area contributed by atoms with Crippen LogP contribution in [-0.4, -0.2) is 34.1 Å². The van der Waals surface area contributed by atoms with Crippen LogP contribution in [0.3, 0.4) is 0 Å². The lowest BCUT2D eigenvalue weighted by Gasteiger charge is -2.49. The Morgan fingerprint density at radius 1 is 0.846 bits per heavy atom. The van der Waals surface area contributed by atoms with E-state index in [2.05, 4.69) is 27.7 Å². The summed E-state index contributed by atoms with van der Waals surface area (Å²) in [6.07, 6.45) is 1.97. The van der Waals surface area contributed by atoms with Crippen LogP contribution in [0.5, 0.6) is 5.75 Å². The van der Waals surface area contributed by atoms with Crippen molar-refractivity contribution in [3.05, 3.63) is 88.3 Å². The number of nitrogens with zero attached hydrogens (tertiary/aromatic N) is 1. The van der Waals surface area contributed by atoms with E-state index in [-0.39, 0.29) is 35.4 Å². The maximum Gasteiger partial charge on any atom is 0.305 e. The molecule has 2 aromatic rings. The Labute approximate surface area is 230 Å². The zero-order valence-corrected chi connectivity index (χ0v) is 23.3. The van der Waals surface area contributed by atoms with Crippen molar-refractivity contribution in [2.24, 2.45) is 10.8 Å². The van der Waals surface area contributed by atoms with Crippen molar-refractivity contribution in [2.75, 3.05) is 6.54 Å². The monoisotopic (exact) mass is 527 g/mol. The standard InChI is InChI=1S/C33H37NO5/c1-32(2)16-23-30(25(35)18-32)29(22-12-8-9-13-27(22)39-20-21-10-6-5-7-11-21)31-24(34(23)15-14-28(37)38)17-33(3,4)19-26(31)36/h5-13,29H,14-20H2,1-4H3,(H,37,38). The lowest BCUT2D eigenvalue weighted by molar-refractivity contribution is -0.137. The summed E-state index contributed by atoms with van der Waals surface area (Å²) in [6, 6.07) is 17.6. The van der Waals surface area contributed by atoms with Gasteiger partial charge < -0.3 is 14.7 Å². The average molecular weight is 528 g/mol. The SMILES string of the molecule is CC1(C)CC(=O)C2=C(C1)N(CCC(=O)O)C1=C(C(=O)CC(C)(C)C1)C2c1ccccc1OCc1ccccc1. The number of carbonyl (C=O) groups excluding carboxylic acids is 2. The first-order valence-electron chi connectivity index (χ1n) is 13.7. The number of ketones is 2. The van der Waals surface area contributed by atoms with Crippen LogP contribution in [0.25, 0.3) is 0 Å². The zero-order chi connectivity index (χ0) is 27.9. The molecule has 6 nitrogen and oxygen atoms in total. The first-order chi connectivity index (χ1) is 18.5. The van der Waals surface area contributed by atoms with E-state index < -0.39 is 11.9 Å². The third-order valence-corrected chi connectivity index (χ3v) is 8.04. The van der Waals surface area contributed by atoms with Crippen molar-refractivity contribution in [2.45, 2.75) is 72.3 Å². The van der Waals surface area contributed by atoms with Gasteiger partial charge in [0.05, 0.1) is 6.42 Å². The van der Waals surface area contributed by atoms with Gasteiger partial charge in [-0.05, 0) is 35.3 Å². The average Bonchev–Trinajstić information content (AvgIpc) is 2.85. The fourth-order valence-corrected chi connectivity index (χ4v) is 6.42. The third kappa shape index (κ3) is 5.42. The lowest BCUT2D eigenvalue weighted by Crippen LogP contribution is -2.45. The number of allylic oxidation sites excluding steroid dienone is 4. The van der Waals surface area contributed by atoms with Crippen molar-refractivity contribution in [1.29, 1.82) is 0 Å². The van der Waals surface area contributed by atoms with E-state index in [9.17, 15) is 19.5 Å². The van der Waals surface area contributed by atoms with Crippen molar-refractivity contribution < 1.29 is 24.2 Å². The van der Waals surface area contributed by atoms with E-state index >= 15 is 0 Å². The van der Waals surface area contributed by atoms with Crippen molar-refractivity contribution >= 4 is 17.5 Å². The predicted molar refractivity (Wildman–Crippen MR) is 149 cm³/mol. The molecule has 0 radical (unpaired) electrons. The zero-order valence-electron chi connectivity index (χ0n) is 23.3. The normalized spacial score (nSPS) is 20.6. The number of para-hydroxylation sites is 1. The minimum atomic E-state index is -0.899. The van der Waals surface area contributed by atoms with Gasteiger partial charge in [0.1, 0.15) is 12.4 Å². The number of hydrogen-bond acceptors (Lipinski definition) is 5. The maximum absolute atomic E-state index is 13.9. The van der Waals surface area contributed by atoms with E-state index in [4.69, 9.17) is 4.74 Å². The van der Waals surface area contributed by atoms with Gasteiger partial charge in [-0.15, -0.1) is 0 Å². The molecule has 0 atom stereocenters. The number of Topliss-reactive ketones (excluding diaryl/α,β-unsaturated/α-hetero) is 2. The molecule has 6 heteroatoms. The van der Waals surface area contributed by atoms with Crippen molar-refractivity contribution in [3.63, 3.8) is 0 Å². The van der Waals surface area contributed by atoms with Crippen LogP contribution in [0.2, 0.25) is 0 Å². The first kappa shape index (κ1) is 26.9. The highest BCUT2D eigenvalue weighted by Crippen LogP contribution is 2.55. The molecular weight excluding hydrogens is 490 g/mol. The molecular formula is C33H37NO5. The second-order valence-corrected chi connectivity index (χ2v) is 12.6. The van der Waals surface area contributed by atoms with Gasteiger partial charge in [0.15, 0.2) is 11.6 Å². The fraction of sp³-hybridized carbons (Fsp3) is 0.424. The van der Waals surface area contributed by atoms with Crippen LogP contribution < -0.4 is 4.74 Å². The highest BCUT2D eigenvalue weighted by Gasteiger charge is 2.49. The quantitative estimate of drug-likeness (QED) is 0.447. The molecule has 5 rings (SSSR count). The molecule has 1 aliphatic heterocycles. The Hall–Kier alpha value is -3.67. The molecule has 0 saturated carbocycles. The van der Waals surface area contributed by atoms with Gasteiger partial charge >= 0.3 is 5.97 Å². The summed E-state index contributed by atoms with van der Waals surface area (Å²) in [5.74, 6) is -0.735. The number of carboxylic acid groups (broad SMARTS) is 1. The number of benzene rings is 2. The Kier molecular flexibility index (Phi) is 7.00. The summed E-state index contributed by atoms with van der Waals surface area (Å²) in [5.41, 5.74) is 4.29. The summed E-state index contributed by atoms with van der Waals surface area (Å²) in [7, 11) is 0. The van der Waals surface area contributed by atoms with Crippen molar-refractivity contribution in [1.82, 2.24) is 4.90 Å². The van der Waals surface area contributed by atoms with Gasteiger partial charge in [0.2, 0.25) is 0 Å². The summed E-state index contributed by atoms with van der Waals surface area (Å²) in [5, 5.41) is 9.56. The molecule has 1 heterocycles. The molecule has 39 heavy (non-hydrogen) atoms. The Balaban J connectivity index is 1.68. The van der Waals surface area contributed by atoms with E-state index in [1.54, 1.807) is 0 Å². The van der Waals surface area contributed by atoms with Gasteiger partial charge in [0, 0.05) is 53.4 Å². The molecule has 2 aliphatic carbocycles. The molecule has 2 aromatic carbocycles. The number of ether oxygens (including phenoxy) is 1. The topological polar surface area (TPSA) is 83.9 Å². The van der Waals surface area contributed by atoms with Crippen LogP contribution in [0.1, 0.15) is 76.8 Å². The van der Waals surface area contributed by atoms with Crippen LogP contribution in [0.15, 0.2) is 77.1 Å². The molecule has 0 aromatic heterocycles. The van der Waals surface area contributed by atoms with Crippen LogP contribution in [-0.2, 0) is 21.0 Å². The highest BCUT2D eigenvalue weighted by atomic mass is 16.5. The van der Waals surface area contributed by atoms with Crippen molar-refractivity contribution in [3.8, 4) is 5.75 Å². The number of aliphatic carboxylic acids is 1. The molecule has 0 bridgehead atoms. The number of rotatable bonds is 7. The molecule has 3 aliphatic rings. The second-order valence-electron chi connectivity index (χ2n) is 12.6. The summed E-state index contributed by atoms with van der Waals surface area (Å²) in [6.45, 7) is 8.92. The molecule has 1 N–H and O–H groups in total. The van der Waals surface area contributed by atoms with Gasteiger partial charge in [-0.2, -0.15) is 0 Å². The maximum atomic E-state index is 13.9. The smallest absolute Gasteiger partial charge is 0.305 e. The van der Waals surface area contributed by atoms with Gasteiger partial charge in [-0.1, -0.05) is 76.2 Å².